The molecule has 116 valence electrons. The van der Waals surface area contributed by atoms with E-state index in [-0.39, 0.29) is 0 Å². The van der Waals surface area contributed by atoms with Gasteiger partial charge < -0.3 is 9.84 Å². The third kappa shape index (κ3) is 3.80. The number of carbonyl (C=O) groups is 1. The molecule has 0 bridgehead atoms. The number of aliphatic carboxylic acids is 1. The molecule has 0 heterocycles. The third-order valence-electron chi connectivity index (χ3n) is 3.64. The van der Waals surface area contributed by atoms with Gasteiger partial charge in [0.2, 0.25) is 0 Å². The van der Waals surface area contributed by atoms with Crippen molar-refractivity contribution in [3.63, 3.8) is 0 Å². The monoisotopic (exact) mass is 318 g/mol. The number of hydrogen-bond acceptors (Lipinski definition) is 2. The van der Waals surface area contributed by atoms with E-state index in [9.17, 15) is 9.90 Å². The van der Waals surface area contributed by atoms with Crippen LogP contribution in [0.4, 0.5) is 0 Å². The zero-order valence-corrected chi connectivity index (χ0v) is 13.4. The fourth-order valence-corrected chi connectivity index (χ4v) is 2.74. The van der Waals surface area contributed by atoms with E-state index in [2.05, 4.69) is 0 Å². The first-order valence-corrected chi connectivity index (χ1v) is 7.54. The number of carboxylic acid groups (broad SMARTS) is 1. The van der Waals surface area contributed by atoms with Gasteiger partial charge in [-0.3, -0.25) is 4.79 Å². The van der Waals surface area contributed by atoms with Crippen molar-refractivity contribution in [2.45, 2.75) is 26.2 Å². The molecular weight excluding hydrogens is 300 g/mol. The largest absolute Gasteiger partial charge is 0.493 e. The lowest BCUT2D eigenvalue weighted by Gasteiger charge is -2.16. The van der Waals surface area contributed by atoms with E-state index in [4.69, 9.17) is 16.3 Å². The van der Waals surface area contributed by atoms with Gasteiger partial charge in [-0.05, 0) is 43.0 Å². The van der Waals surface area contributed by atoms with Gasteiger partial charge in [0.15, 0.2) is 0 Å². The second-order valence-electron chi connectivity index (χ2n) is 5.27. The molecule has 0 aliphatic rings. The summed E-state index contributed by atoms with van der Waals surface area (Å²) in [5.41, 5.74) is 2.72. The number of para-hydroxylation sites is 1. The number of rotatable bonds is 6. The molecule has 1 atom stereocenters. The van der Waals surface area contributed by atoms with Crippen LogP contribution in [0.15, 0.2) is 42.5 Å². The summed E-state index contributed by atoms with van der Waals surface area (Å²) < 4.78 is 5.80. The maximum Gasteiger partial charge on any atom is 0.311 e. The molecule has 0 radical (unpaired) electrons. The van der Waals surface area contributed by atoms with Crippen LogP contribution < -0.4 is 4.74 Å². The number of carboxylic acids is 1. The van der Waals surface area contributed by atoms with E-state index in [1.54, 1.807) is 24.3 Å². The quantitative estimate of drug-likeness (QED) is 0.847. The Balaban J connectivity index is 2.08. The molecule has 3 nitrogen and oxygen atoms in total. The number of aryl methyl sites for hydroxylation is 2. The average molecular weight is 319 g/mol. The first-order chi connectivity index (χ1) is 10.5. The molecule has 2 aromatic rings. The highest BCUT2D eigenvalue weighted by molar-refractivity contribution is 6.31. The summed E-state index contributed by atoms with van der Waals surface area (Å²) in [7, 11) is 0. The maximum absolute atomic E-state index is 11.5. The van der Waals surface area contributed by atoms with Gasteiger partial charge in [-0.1, -0.05) is 48.0 Å². The van der Waals surface area contributed by atoms with E-state index in [0.29, 0.717) is 23.6 Å². The molecule has 1 N–H and O–H groups in total. The highest BCUT2D eigenvalue weighted by Gasteiger charge is 2.22. The molecule has 22 heavy (non-hydrogen) atoms. The Morgan fingerprint density at radius 1 is 1.14 bits per heavy atom. The van der Waals surface area contributed by atoms with Crippen molar-refractivity contribution in [3.8, 4) is 5.75 Å². The first-order valence-electron chi connectivity index (χ1n) is 7.17. The van der Waals surface area contributed by atoms with E-state index >= 15 is 0 Å². The Labute approximate surface area is 135 Å². The van der Waals surface area contributed by atoms with Gasteiger partial charge in [-0.15, -0.1) is 0 Å². The second-order valence-corrected chi connectivity index (χ2v) is 5.68. The molecule has 0 spiro atoms. The smallest absolute Gasteiger partial charge is 0.311 e. The Kier molecular flexibility index (Phi) is 5.45. The summed E-state index contributed by atoms with van der Waals surface area (Å²) in [5, 5.41) is 9.92. The van der Waals surface area contributed by atoms with Crippen molar-refractivity contribution in [1.29, 1.82) is 0 Å². The number of hydrogen-bond donors (Lipinski definition) is 1. The summed E-state index contributed by atoms with van der Waals surface area (Å²) in [6.07, 6.45) is 0.368. The van der Waals surface area contributed by atoms with E-state index in [1.807, 2.05) is 32.0 Å². The van der Waals surface area contributed by atoms with Crippen LogP contribution in [0.5, 0.6) is 5.75 Å². The molecule has 0 aliphatic carbocycles. The molecule has 0 amide bonds. The zero-order valence-electron chi connectivity index (χ0n) is 12.7. The van der Waals surface area contributed by atoms with Crippen LogP contribution in [0.3, 0.4) is 0 Å². The topological polar surface area (TPSA) is 46.5 Å². The average Bonchev–Trinajstić information content (AvgIpc) is 2.47. The van der Waals surface area contributed by atoms with Crippen molar-refractivity contribution < 1.29 is 14.6 Å². The van der Waals surface area contributed by atoms with Crippen LogP contribution in [0.2, 0.25) is 5.02 Å². The van der Waals surface area contributed by atoms with Crippen molar-refractivity contribution in [2.75, 3.05) is 6.61 Å². The van der Waals surface area contributed by atoms with Crippen LogP contribution in [-0.2, 0) is 4.79 Å². The fraction of sp³-hybridized carbons (Fsp3) is 0.278. The molecule has 0 fully saturated rings. The molecule has 0 saturated heterocycles. The normalized spacial score (nSPS) is 12.0. The van der Waals surface area contributed by atoms with Crippen LogP contribution in [0.25, 0.3) is 0 Å². The van der Waals surface area contributed by atoms with Crippen molar-refractivity contribution >= 4 is 17.6 Å². The maximum atomic E-state index is 11.5. The molecule has 4 heteroatoms. The van der Waals surface area contributed by atoms with Gasteiger partial charge in [0.25, 0.3) is 0 Å². The molecule has 0 aliphatic heterocycles. The Hall–Kier alpha value is -2.00. The van der Waals surface area contributed by atoms with Crippen LogP contribution in [0.1, 0.15) is 29.0 Å². The second kappa shape index (κ2) is 7.32. The lowest BCUT2D eigenvalue weighted by molar-refractivity contribution is -0.139. The fourth-order valence-electron chi connectivity index (χ4n) is 2.48. The molecule has 1 unspecified atom stereocenters. The highest BCUT2D eigenvalue weighted by Crippen LogP contribution is 2.28. The highest BCUT2D eigenvalue weighted by atomic mass is 35.5. The predicted octanol–water partition coefficient (Wildman–Crippen LogP) is 4.59. The minimum atomic E-state index is -0.891. The number of ether oxygens (including phenoxy) is 1. The number of benzene rings is 2. The van der Waals surface area contributed by atoms with E-state index in [1.165, 1.54) is 0 Å². The SMILES string of the molecule is Cc1cccc(C)c1OCCC(C(=O)O)c1ccccc1Cl. The van der Waals surface area contributed by atoms with Gasteiger partial charge in [0.1, 0.15) is 5.75 Å². The Morgan fingerprint density at radius 3 is 2.36 bits per heavy atom. The van der Waals surface area contributed by atoms with Gasteiger partial charge in [-0.25, -0.2) is 0 Å². The van der Waals surface area contributed by atoms with Crippen LogP contribution >= 0.6 is 11.6 Å². The van der Waals surface area contributed by atoms with Crippen molar-refractivity contribution in [2.24, 2.45) is 0 Å². The summed E-state index contributed by atoms with van der Waals surface area (Å²) in [6.45, 7) is 4.28. The summed E-state index contributed by atoms with van der Waals surface area (Å²) >= 11 is 6.11. The third-order valence-corrected chi connectivity index (χ3v) is 3.98. The van der Waals surface area contributed by atoms with Gasteiger partial charge in [0, 0.05) is 5.02 Å². The van der Waals surface area contributed by atoms with E-state index in [0.717, 1.165) is 16.9 Å². The van der Waals surface area contributed by atoms with Crippen LogP contribution in [0, 0.1) is 13.8 Å². The molecule has 2 rings (SSSR count). The lowest BCUT2D eigenvalue weighted by Crippen LogP contribution is -2.16. The Bertz CT molecular complexity index is 647. The minimum absolute atomic E-state index is 0.327. The lowest BCUT2D eigenvalue weighted by atomic mass is 9.96. The molecular formula is C18H19ClO3. The standard InChI is InChI=1S/C18H19ClO3/c1-12-6-5-7-13(2)17(12)22-11-10-15(18(20)21)14-8-3-4-9-16(14)19/h3-9,15H,10-11H2,1-2H3,(H,20,21). The van der Waals surface area contributed by atoms with E-state index < -0.39 is 11.9 Å². The van der Waals surface area contributed by atoms with Crippen LogP contribution in [-0.4, -0.2) is 17.7 Å². The Morgan fingerprint density at radius 2 is 1.77 bits per heavy atom. The predicted molar refractivity (Wildman–Crippen MR) is 87.9 cm³/mol. The molecule has 0 saturated carbocycles. The summed E-state index contributed by atoms with van der Waals surface area (Å²) in [4.78, 5) is 11.5. The summed E-state index contributed by atoms with van der Waals surface area (Å²) in [5.74, 6) is -0.734. The van der Waals surface area contributed by atoms with Crippen molar-refractivity contribution in [1.82, 2.24) is 0 Å². The van der Waals surface area contributed by atoms with Gasteiger partial charge >= 0.3 is 5.97 Å². The zero-order chi connectivity index (χ0) is 16.1. The van der Waals surface area contributed by atoms with Crippen molar-refractivity contribution in [3.05, 3.63) is 64.2 Å². The summed E-state index contributed by atoms with van der Waals surface area (Å²) in [6, 6.07) is 13.0. The molecule has 2 aromatic carbocycles. The number of halogens is 1. The minimum Gasteiger partial charge on any atom is -0.493 e. The molecule has 0 aromatic heterocycles. The van der Waals surface area contributed by atoms with Gasteiger partial charge in [-0.2, -0.15) is 0 Å². The first kappa shape index (κ1) is 16.4. The van der Waals surface area contributed by atoms with Gasteiger partial charge in [0.05, 0.1) is 12.5 Å².